The van der Waals surface area contributed by atoms with Crippen LogP contribution in [0.4, 0.5) is 19.1 Å². The van der Waals surface area contributed by atoms with Crippen LogP contribution in [0.1, 0.15) is 38.7 Å². The van der Waals surface area contributed by atoms with Crippen LogP contribution < -0.4 is 4.90 Å². The molecule has 166 valence electrons. The SMILES string of the molecule is CC1(C)[C@@H]2CC[C@@]1(CS(=O)(=O)N1CCN(c3ncc(C(F)(F)F)cn3)CC1)C(=O)C2. The first-order valence-corrected chi connectivity index (χ1v) is 11.6. The lowest BCUT2D eigenvalue weighted by molar-refractivity contribution is -0.138. The van der Waals surface area contributed by atoms with Crippen LogP contribution in [0.5, 0.6) is 0 Å². The Bertz CT molecular complexity index is 941. The van der Waals surface area contributed by atoms with Gasteiger partial charge in [-0.3, -0.25) is 4.79 Å². The van der Waals surface area contributed by atoms with Crippen molar-refractivity contribution in [3.05, 3.63) is 18.0 Å². The third-order valence-electron chi connectivity index (χ3n) is 7.45. The van der Waals surface area contributed by atoms with Gasteiger partial charge in [0, 0.05) is 50.4 Å². The van der Waals surface area contributed by atoms with Crippen LogP contribution in [-0.2, 0) is 21.0 Å². The van der Waals surface area contributed by atoms with E-state index in [0.29, 0.717) is 12.8 Å². The Morgan fingerprint density at radius 1 is 1.13 bits per heavy atom. The number of carbonyl (C=O) groups is 1. The Labute approximate surface area is 173 Å². The van der Waals surface area contributed by atoms with E-state index in [-0.39, 0.29) is 55.0 Å². The fraction of sp³-hybridized carbons (Fsp3) is 0.737. The molecule has 1 aromatic heterocycles. The molecule has 2 heterocycles. The van der Waals surface area contributed by atoms with E-state index in [9.17, 15) is 26.4 Å². The van der Waals surface area contributed by atoms with Gasteiger partial charge in [-0.1, -0.05) is 13.8 Å². The molecule has 2 bridgehead atoms. The fourth-order valence-corrected chi connectivity index (χ4v) is 7.51. The van der Waals surface area contributed by atoms with Gasteiger partial charge in [-0.2, -0.15) is 17.5 Å². The maximum atomic E-state index is 13.2. The zero-order chi connectivity index (χ0) is 21.9. The summed E-state index contributed by atoms with van der Waals surface area (Å²) in [6.07, 6.45) is -1.09. The molecule has 1 aliphatic heterocycles. The molecule has 3 fully saturated rings. The Morgan fingerprint density at radius 3 is 2.20 bits per heavy atom. The zero-order valence-corrected chi connectivity index (χ0v) is 17.8. The van der Waals surface area contributed by atoms with Crippen LogP contribution in [0.25, 0.3) is 0 Å². The average Bonchev–Trinajstić information content (AvgIpc) is 3.01. The number of anilines is 1. The molecule has 11 heteroatoms. The molecule has 0 amide bonds. The molecule has 2 atom stereocenters. The first-order valence-electron chi connectivity index (χ1n) is 10.0. The largest absolute Gasteiger partial charge is 0.419 e. The van der Waals surface area contributed by atoms with Gasteiger partial charge in [0.05, 0.1) is 11.3 Å². The number of fused-ring (bicyclic) bond motifs is 2. The Balaban J connectivity index is 1.43. The maximum Gasteiger partial charge on any atom is 0.419 e. The van der Waals surface area contributed by atoms with E-state index in [1.54, 1.807) is 4.90 Å². The summed E-state index contributed by atoms with van der Waals surface area (Å²) in [7, 11) is -3.65. The number of hydrogen-bond donors (Lipinski definition) is 0. The number of nitrogens with zero attached hydrogens (tertiary/aromatic N) is 4. The van der Waals surface area contributed by atoms with Gasteiger partial charge in [-0.05, 0) is 24.2 Å². The first kappa shape index (κ1) is 21.5. The van der Waals surface area contributed by atoms with Crippen molar-refractivity contribution in [2.45, 2.75) is 39.3 Å². The van der Waals surface area contributed by atoms with Crippen LogP contribution in [0.2, 0.25) is 0 Å². The van der Waals surface area contributed by atoms with Crippen LogP contribution in [-0.4, -0.2) is 60.4 Å². The van der Waals surface area contributed by atoms with Crippen LogP contribution in [0.3, 0.4) is 0 Å². The standard InChI is InChI=1S/C19H25F3N4O3S/c1-17(2)13-3-4-18(17,15(27)9-13)12-30(28,29)26-7-5-25(6-8-26)16-23-10-14(11-24-16)19(20,21)22/h10-11,13H,3-9,12H2,1-2H3/t13-,18-/m1/s1. The molecular formula is C19H25F3N4O3S. The molecule has 4 rings (SSSR count). The predicted octanol–water partition coefficient (Wildman–Crippen LogP) is 2.34. The molecule has 0 spiro atoms. The van der Waals surface area contributed by atoms with Gasteiger partial charge in [-0.15, -0.1) is 0 Å². The molecule has 30 heavy (non-hydrogen) atoms. The highest BCUT2D eigenvalue weighted by atomic mass is 32.2. The second-order valence-corrected chi connectivity index (χ2v) is 11.0. The molecular weight excluding hydrogens is 421 g/mol. The highest BCUT2D eigenvalue weighted by Gasteiger charge is 2.65. The smallest absolute Gasteiger partial charge is 0.338 e. The number of carbonyl (C=O) groups excluding carboxylic acids is 1. The van der Waals surface area contributed by atoms with E-state index in [1.807, 2.05) is 13.8 Å². The van der Waals surface area contributed by atoms with Gasteiger partial charge in [-0.25, -0.2) is 18.4 Å². The third-order valence-corrected chi connectivity index (χ3v) is 9.46. The number of alkyl halides is 3. The molecule has 2 saturated carbocycles. The monoisotopic (exact) mass is 446 g/mol. The molecule has 1 aromatic rings. The number of hydrogen-bond acceptors (Lipinski definition) is 6. The minimum absolute atomic E-state index is 0.0594. The van der Waals surface area contributed by atoms with E-state index < -0.39 is 27.2 Å². The second-order valence-electron chi connectivity index (χ2n) is 9.08. The summed E-state index contributed by atoms with van der Waals surface area (Å²) in [4.78, 5) is 21.9. The van der Waals surface area contributed by atoms with Crippen molar-refractivity contribution in [3.8, 4) is 0 Å². The molecule has 7 nitrogen and oxygen atoms in total. The lowest BCUT2D eigenvalue weighted by atomic mass is 9.70. The number of sulfonamides is 1. The van der Waals surface area contributed by atoms with E-state index in [2.05, 4.69) is 9.97 Å². The minimum Gasteiger partial charge on any atom is -0.338 e. The Kier molecular flexibility index (Phi) is 4.92. The van der Waals surface area contributed by atoms with Crippen molar-refractivity contribution < 1.29 is 26.4 Å². The summed E-state index contributed by atoms with van der Waals surface area (Å²) in [5.41, 5.74) is -2.07. The van der Waals surface area contributed by atoms with Gasteiger partial charge in [0.1, 0.15) is 5.78 Å². The molecule has 0 radical (unpaired) electrons. The van der Waals surface area contributed by atoms with Gasteiger partial charge in [0.2, 0.25) is 16.0 Å². The number of Topliss-reactive ketones (excluding diaryl/α,β-unsaturated/α-hetero) is 1. The number of piperazine rings is 1. The molecule has 1 saturated heterocycles. The quantitative estimate of drug-likeness (QED) is 0.706. The highest BCUT2D eigenvalue weighted by molar-refractivity contribution is 7.89. The van der Waals surface area contributed by atoms with Crippen LogP contribution in [0.15, 0.2) is 12.4 Å². The van der Waals surface area contributed by atoms with E-state index in [0.717, 1.165) is 18.8 Å². The van der Waals surface area contributed by atoms with Crippen molar-refractivity contribution in [2.24, 2.45) is 16.7 Å². The van der Waals surface area contributed by atoms with Crippen molar-refractivity contribution in [2.75, 3.05) is 36.8 Å². The van der Waals surface area contributed by atoms with E-state index in [4.69, 9.17) is 0 Å². The predicted molar refractivity (Wildman–Crippen MR) is 103 cm³/mol. The Morgan fingerprint density at radius 2 is 1.73 bits per heavy atom. The zero-order valence-electron chi connectivity index (χ0n) is 16.9. The summed E-state index contributed by atoms with van der Waals surface area (Å²) in [6.45, 7) is 4.92. The minimum atomic E-state index is -4.50. The molecule has 0 unspecified atom stereocenters. The van der Waals surface area contributed by atoms with Crippen LogP contribution in [0, 0.1) is 16.7 Å². The summed E-state index contributed by atoms with van der Waals surface area (Å²) < 4.78 is 65.7. The first-order chi connectivity index (χ1) is 13.9. The number of rotatable bonds is 4. The second kappa shape index (κ2) is 6.88. The average molecular weight is 446 g/mol. The maximum absolute atomic E-state index is 13.2. The summed E-state index contributed by atoms with van der Waals surface area (Å²) >= 11 is 0. The summed E-state index contributed by atoms with van der Waals surface area (Å²) in [5.74, 6) is 0.279. The van der Waals surface area contributed by atoms with Gasteiger partial charge in [0.15, 0.2) is 0 Å². The topological polar surface area (TPSA) is 83.5 Å². The summed E-state index contributed by atoms with van der Waals surface area (Å²) in [6, 6.07) is 0. The summed E-state index contributed by atoms with van der Waals surface area (Å²) in [5, 5.41) is 0. The molecule has 0 N–H and O–H groups in total. The van der Waals surface area contributed by atoms with Crippen molar-refractivity contribution >= 4 is 21.8 Å². The lowest BCUT2D eigenvalue weighted by Gasteiger charge is -2.39. The Hall–Kier alpha value is -1.75. The van der Waals surface area contributed by atoms with Gasteiger partial charge < -0.3 is 4.90 Å². The van der Waals surface area contributed by atoms with Crippen molar-refractivity contribution in [1.29, 1.82) is 0 Å². The van der Waals surface area contributed by atoms with E-state index >= 15 is 0 Å². The van der Waals surface area contributed by atoms with Crippen LogP contribution >= 0.6 is 0 Å². The van der Waals surface area contributed by atoms with Gasteiger partial charge >= 0.3 is 6.18 Å². The normalized spacial score (nSPS) is 29.6. The highest BCUT2D eigenvalue weighted by Crippen LogP contribution is 2.64. The lowest BCUT2D eigenvalue weighted by Crippen LogP contribution is -2.53. The molecule has 3 aliphatic rings. The molecule has 2 aliphatic carbocycles. The van der Waals surface area contributed by atoms with Crippen molar-refractivity contribution in [1.82, 2.24) is 14.3 Å². The van der Waals surface area contributed by atoms with Gasteiger partial charge in [0.25, 0.3) is 0 Å². The van der Waals surface area contributed by atoms with E-state index in [1.165, 1.54) is 4.31 Å². The van der Waals surface area contributed by atoms with Crippen molar-refractivity contribution in [3.63, 3.8) is 0 Å². The third kappa shape index (κ3) is 3.30. The number of ketones is 1. The number of aromatic nitrogens is 2. The molecule has 0 aromatic carbocycles. The number of halogens is 3. The fourth-order valence-electron chi connectivity index (χ4n) is 5.31.